The maximum Gasteiger partial charge on any atom is 0.331 e. The van der Waals surface area contributed by atoms with E-state index >= 15 is 0 Å². The first-order chi connectivity index (χ1) is 32.2. The van der Waals surface area contributed by atoms with E-state index in [-0.39, 0.29) is 77.1 Å². The van der Waals surface area contributed by atoms with Crippen molar-refractivity contribution in [2.75, 3.05) is 62.5 Å². The van der Waals surface area contributed by atoms with Crippen LogP contribution >= 0.6 is 0 Å². The van der Waals surface area contributed by atoms with Crippen molar-refractivity contribution in [2.24, 2.45) is 11.8 Å². The number of rotatable bonds is 18. The van der Waals surface area contributed by atoms with Crippen LogP contribution in [0.2, 0.25) is 0 Å². The summed E-state index contributed by atoms with van der Waals surface area (Å²) in [6, 6.07) is 13.5. The zero-order chi connectivity index (χ0) is 48.5. The Labute approximate surface area is 385 Å². The largest absolute Gasteiger partial charge is 0.504 e. The van der Waals surface area contributed by atoms with Gasteiger partial charge in [-0.15, -0.1) is 0 Å². The normalized spacial score (nSPS) is 22.4. The Morgan fingerprint density at radius 3 is 1.76 bits per heavy atom. The van der Waals surface area contributed by atoms with Crippen LogP contribution < -0.4 is 33.2 Å². The van der Waals surface area contributed by atoms with Gasteiger partial charge in [-0.2, -0.15) is 0 Å². The van der Waals surface area contributed by atoms with Crippen LogP contribution in [-0.4, -0.2) is 141 Å². The molecule has 0 bridgehead atoms. The lowest BCUT2D eigenvalue weighted by molar-refractivity contribution is -0.281. The van der Waals surface area contributed by atoms with E-state index in [9.17, 15) is 45.3 Å². The lowest BCUT2D eigenvalue weighted by atomic mass is 9.66. The fraction of sp³-hybridized carbons (Fsp3) is 0.375. The minimum absolute atomic E-state index is 0.0639. The zero-order valence-electron chi connectivity index (χ0n) is 37.5. The number of aliphatic hydroxyl groups is 4. The maximum atomic E-state index is 13.3. The number of ether oxygens (including phenoxy) is 10. The average Bonchev–Trinajstić information content (AvgIpc) is 3.34. The molecule has 360 valence electrons. The molecule has 1 aliphatic carbocycles. The molecule has 0 amide bonds. The summed E-state index contributed by atoms with van der Waals surface area (Å²) >= 11 is 0. The molecular weight excluding hydrogens is 881 g/mol. The first kappa shape index (κ1) is 49.5. The van der Waals surface area contributed by atoms with Crippen LogP contribution in [0.5, 0.6) is 57.5 Å². The number of phenols is 3. The van der Waals surface area contributed by atoms with Gasteiger partial charge in [-0.05, 0) is 95.1 Å². The molecule has 0 saturated carbocycles. The molecule has 4 aromatic carbocycles. The van der Waals surface area contributed by atoms with Crippen molar-refractivity contribution in [3.05, 3.63) is 94.6 Å². The number of methoxy groups -OCH3 is 6. The third-order valence-corrected chi connectivity index (χ3v) is 11.6. The lowest BCUT2D eigenvalue weighted by Crippen LogP contribution is -2.61. The Bertz CT molecular complexity index is 2420. The third-order valence-electron chi connectivity index (χ3n) is 11.6. The van der Waals surface area contributed by atoms with Gasteiger partial charge in [0.05, 0.1) is 42.7 Å². The third kappa shape index (κ3) is 10.7. The van der Waals surface area contributed by atoms with Crippen LogP contribution in [0.25, 0.3) is 12.2 Å². The number of hydrogen-bond donors (Lipinski definition) is 7. The van der Waals surface area contributed by atoms with Crippen LogP contribution in [0.3, 0.4) is 0 Å². The summed E-state index contributed by atoms with van der Waals surface area (Å²) in [5, 5.41) is 75.4. The molecule has 0 aromatic heterocycles. The number of phenolic OH excluding ortho intramolecular Hbond substituents is 3. The summed E-state index contributed by atoms with van der Waals surface area (Å²) in [7, 11) is 8.18. The Kier molecular flexibility index (Phi) is 16.3. The summed E-state index contributed by atoms with van der Waals surface area (Å²) in [6.07, 6.45) is -3.63. The zero-order valence-corrected chi connectivity index (χ0v) is 37.5. The fourth-order valence-corrected chi connectivity index (χ4v) is 8.25. The van der Waals surface area contributed by atoms with E-state index in [2.05, 4.69) is 0 Å². The monoisotopic (exact) mass is 934 g/mol. The molecule has 19 nitrogen and oxygen atoms in total. The van der Waals surface area contributed by atoms with Crippen molar-refractivity contribution in [3.63, 3.8) is 0 Å². The molecule has 2 aliphatic rings. The van der Waals surface area contributed by atoms with Gasteiger partial charge in [0.1, 0.15) is 24.9 Å². The SMILES string of the molecule is COc1cc(/C=C/C(=O)OC[C@H]2O[C@@H](Oc3c(OC)cc4c(c3OC)[C@H](c3cc(OC)c(O)c(OC)c3)[C@@H](CO)[C@H](CO)C4)[C@H](O)[C@H](O)[C@@H]2OC(=O)/C=C/c2ccc(O)c(OC)c2)ccc1O. The van der Waals surface area contributed by atoms with Crippen LogP contribution in [0.15, 0.2) is 66.7 Å². The Morgan fingerprint density at radius 2 is 1.24 bits per heavy atom. The highest BCUT2D eigenvalue weighted by Crippen LogP contribution is 2.55. The van der Waals surface area contributed by atoms with Crippen LogP contribution in [0.4, 0.5) is 0 Å². The number of aliphatic hydroxyl groups excluding tert-OH is 4. The van der Waals surface area contributed by atoms with Crippen molar-refractivity contribution >= 4 is 24.1 Å². The van der Waals surface area contributed by atoms with E-state index in [1.165, 1.54) is 91.2 Å². The van der Waals surface area contributed by atoms with Gasteiger partial charge in [-0.25, -0.2) is 9.59 Å². The predicted octanol–water partition coefficient (Wildman–Crippen LogP) is 3.47. The number of aromatic hydroxyl groups is 3. The molecule has 8 atom stereocenters. The molecular formula is C48H54O19. The van der Waals surface area contributed by atoms with E-state index in [4.69, 9.17) is 47.4 Å². The smallest absolute Gasteiger partial charge is 0.331 e. The highest BCUT2D eigenvalue weighted by atomic mass is 16.7. The average molecular weight is 935 g/mol. The first-order valence-corrected chi connectivity index (χ1v) is 20.8. The standard InChI is InChI=1S/C48H54O19/c1-58-32-15-24(7-11-30(32)51)9-13-38(53)64-23-37-45(66-39(54)14-10-25-8-12-31(52)33(16-25)59-2)43(56)44(57)48(65-37)67-46-36(62-5)20-26-17-28(21-49)29(22-50)40(41(26)47(46)63-6)27-18-34(60-3)42(55)35(19-27)61-4/h7-16,18-20,28-29,37,40,43-45,48-52,55-57H,17,21-23H2,1-6H3/b13-9+,14-10+/t28-,29-,37+,40+,43-,44+,45+,48-/m0/s1. The minimum atomic E-state index is -1.93. The molecule has 4 aromatic rings. The molecule has 1 fully saturated rings. The fourth-order valence-electron chi connectivity index (χ4n) is 8.25. The summed E-state index contributed by atoms with van der Waals surface area (Å²) < 4.78 is 56.7. The van der Waals surface area contributed by atoms with E-state index in [1.807, 2.05) is 0 Å². The van der Waals surface area contributed by atoms with Crippen molar-refractivity contribution in [1.82, 2.24) is 0 Å². The topological polar surface area (TPSA) is 268 Å². The molecule has 1 saturated heterocycles. The second-order valence-corrected chi connectivity index (χ2v) is 15.5. The summed E-state index contributed by atoms with van der Waals surface area (Å²) in [5.41, 5.74) is 2.55. The number of carbonyl (C=O) groups is 2. The first-order valence-electron chi connectivity index (χ1n) is 20.8. The molecule has 67 heavy (non-hydrogen) atoms. The number of benzene rings is 4. The predicted molar refractivity (Wildman–Crippen MR) is 237 cm³/mol. The summed E-state index contributed by atoms with van der Waals surface area (Å²) in [4.78, 5) is 26.4. The van der Waals surface area contributed by atoms with Crippen molar-refractivity contribution < 1.29 is 92.7 Å². The van der Waals surface area contributed by atoms with Gasteiger partial charge in [-0.3, -0.25) is 0 Å². The van der Waals surface area contributed by atoms with E-state index < -0.39 is 67.0 Å². The van der Waals surface area contributed by atoms with Gasteiger partial charge in [0.2, 0.25) is 17.8 Å². The highest BCUT2D eigenvalue weighted by molar-refractivity contribution is 5.88. The quantitative estimate of drug-likeness (QED) is 0.0556. The second kappa shape index (κ2) is 22.1. The Hall–Kier alpha value is -6.90. The van der Waals surface area contributed by atoms with Gasteiger partial charge < -0.3 is 83.1 Å². The summed E-state index contributed by atoms with van der Waals surface area (Å²) in [6.45, 7) is -1.33. The highest BCUT2D eigenvalue weighted by Gasteiger charge is 2.49. The van der Waals surface area contributed by atoms with Crippen molar-refractivity contribution in [2.45, 2.75) is 43.0 Å². The van der Waals surface area contributed by atoms with E-state index in [0.29, 0.717) is 27.8 Å². The van der Waals surface area contributed by atoms with Crippen molar-refractivity contribution in [1.29, 1.82) is 0 Å². The van der Waals surface area contributed by atoms with Gasteiger partial charge >= 0.3 is 11.9 Å². The van der Waals surface area contributed by atoms with E-state index in [1.54, 1.807) is 18.2 Å². The number of esters is 2. The number of carbonyl (C=O) groups excluding carboxylic acids is 2. The van der Waals surface area contributed by atoms with Crippen LogP contribution in [-0.2, 0) is 30.2 Å². The van der Waals surface area contributed by atoms with Crippen molar-refractivity contribution in [3.8, 4) is 57.5 Å². The Balaban J connectivity index is 1.36. The molecule has 0 unspecified atom stereocenters. The van der Waals surface area contributed by atoms with Gasteiger partial charge in [-0.1, -0.05) is 12.1 Å². The second-order valence-electron chi connectivity index (χ2n) is 15.5. The molecule has 6 rings (SSSR count). The van der Waals surface area contributed by atoms with E-state index in [0.717, 1.165) is 12.2 Å². The molecule has 1 aliphatic heterocycles. The molecule has 0 spiro atoms. The number of hydrogen-bond acceptors (Lipinski definition) is 19. The van der Waals surface area contributed by atoms with Crippen LogP contribution in [0.1, 0.15) is 33.7 Å². The minimum Gasteiger partial charge on any atom is -0.504 e. The molecule has 7 N–H and O–H groups in total. The van der Waals surface area contributed by atoms with Gasteiger partial charge in [0, 0.05) is 36.8 Å². The lowest BCUT2D eigenvalue weighted by Gasteiger charge is -2.42. The molecule has 0 radical (unpaired) electrons. The van der Waals surface area contributed by atoms with Gasteiger partial charge in [0.25, 0.3) is 0 Å². The number of fused-ring (bicyclic) bond motifs is 1. The van der Waals surface area contributed by atoms with Gasteiger partial charge in [0.15, 0.2) is 52.1 Å². The molecule has 19 heteroatoms. The van der Waals surface area contributed by atoms with Crippen LogP contribution in [0, 0.1) is 11.8 Å². The Morgan fingerprint density at radius 1 is 0.672 bits per heavy atom. The molecule has 1 heterocycles. The maximum absolute atomic E-state index is 13.3. The summed E-state index contributed by atoms with van der Waals surface area (Å²) in [5.74, 6) is -3.73.